The van der Waals surface area contributed by atoms with Gasteiger partial charge in [-0.15, -0.1) is 0 Å². The number of hydrogen-bond donors (Lipinski definition) is 1. The lowest BCUT2D eigenvalue weighted by Crippen LogP contribution is -2.36. The van der Waals surface area contributed by atoms with Gasteiger partial charge in [0.25, 0.3) is 0 Å². The Balaban J connectivity index is 0.000000255. The van der Waals surface area contributed by atoms with E-state index in [1.165, 1.54) is 18.8 Å². The van der Waals surface area contributed by atoms with E-state index in [1.54, 1.807) is 53.6 Å². The Morgan fingerprint density at radius 2 is 0.970 bits per heavy atom. The highest BCUT2D eigenvalue weighted by Crippen LogP contribution is 2.43. The van der Waals surface area contributed by atoms with Gasteiger partial charge >= 0.3 is 24.1 Å². The molecule has 0 aliphatic carbocycles. The van der Waals surface area contributed by atoms with E-state index in [-0.39, 0.29) is 17.9 Å². The van der Waals surface area contributed by atoms with Crippen LogP contribution in [0.5, 0.6) is 57.5 Å². The van der Waals surface area contributed by atoms with E-state index >= 15 is 0 Å². The Morgan fingerprint density at radius 3 is 1.48 bits per heavy atom. The molecule has 0 bridgehead atoms. The average Bonchev–Trinajstić information content (AvgIpc) is 1.77. The number of likely N-dealkylation sites (tertiary alicyclic amines) is 1. The van der Waals surface area contributed by atoms with Crippen molar-refractivity contribution in [3.05, 3.63) is 202 Å². The van der Waals surface area contributed by atoms with Crippen molar-refractivity contribution in [1.82, 2.24) is 9.47 Å². The number of phenols is 1. The number of nitrogens with zero attached hydrogens (tertiary/aromatic N) is 2. The molecular formula is C81H96N2O16. The molecule has 1 aliphatic heterocycles. The third-order valence-electron chi connectivity index (χ3n) is 16.0. The maximum atomic E-state index is 13.2. The SMILES string of the molecule is CCCc1c(OCCCOc2cc(O)c(C3CCCN3C(=O)OC(C)(C)C)cc2CC)cccc1Oc1ccccc1C(=O)OC.CCCc1c(OCCCOc2cc(OCc3ccccc3)c(-c3cccn3C(=O)OC(C)(C)C)cc2CC)cccc1Oc1ccccc1C(=O)OC. The quantitative estimate of drug-likeness (QED) is 0.0264. The number of para-hydroxylation sites is 2. The van der Waals surface area contributed by atoms with E-state index in [1.807, 2.05) is 158 Å². The number of esters is 2. The van der Waals surface area contributed by atoms with E-state index in [2.05, 4.69) is 20.8 Å². The minimum atomic E-state index is -0.645. The van der Waals surface area contributed by atoms with Crippen LogP contribution in [0.25, 0.3) is 11.3 Å². The molecule has 1 atom stereocenters. The molecule has 99 heavy (non-hydrogen) atoms. The smallest absolute Gasteiger partial charge is 0.418 e. The highest BCUT2D eigenvalue weighted by atomic mass is 16.6. The monoisotopic (exact) mass is 1350 g/mol. The van der Waals surface area contributed by atoms with Gasteiger partial charge in [-0.3, -0.25) is 4.57 Å². The molecule has 1 unspecified atom stereocenters. The van der Waals surface area contributed by atoms with Crippen LogP contribution in [0.1, 0.15) is 168 Å². The van der Waals surface area contributed by atoms with Gasteiger partial charge in [0.15, 0.2) is 0 Å². The van der Waals surface area contributed by atoms with Crippen LogP contribution in [0.4, 0.5) is 9.59 Å². The molecule has 2 heterocycles. The van der Waals surface area contributed by atoms with Crippen molar-refractivity contribution in [1.29, 1.82) is 0 Å². The fourth-order valence-electron chi connectivity index (χ4n) is 11.4. The minimum Gasteiger partial charge on any atom is -0.507 e. The summed E-state index contributed by atoms with van der Waals surface area (Å²) in [4.78, 5) is 52.3. The topological polar surface area (TPSA) is 198 Å². The first-order chi connectivity index (χ1) is 47.7. The van der Waals surface area contributed by atoms with Crippen molar-refractivity contribution in [2.24, 2.45) is 0 Å². The van der Waals surface area contributed by atoms with Crippen molar-refractivity contribution < 1.29 is 76.4 Å². The van der Waals surface area contributed by atoms with Crippen LogP contribution in [0, 0.1) is 0 Å². The Kier molecular flexibility index (Phi) is 27.1. The van der Waals surface area contributed by atoms with Gasteiger partial charge in [0.1, 0.15) is 86.4 Å². The van der Waals surface area contributed by atoms with Gasteiger partial charge in [-0.25, -0.2) is 19.2 Å². The van der Waals surface area contributed by atoms with Gasteiger partial charge in [-0.05, 0) is 170 Å². The predicted molar refractivity (Wildman–Crippen MR) is 382 cm³/mol. The molecule has 0 radical (unpaired) electrons. The number of aromatic hydroxyl groups is 1. The number of aryl methyl sites for hydroxylation is 2. The lowest BCUT2D eigenvalue weighted by molar-refractivity contribution is 0.0222. The molecule has 9 rings (SSSR count). The Morgan fingerprint density at radius 1 is 0.495 bits per heavy atom. The van der Waals surface area contributed by atoms with Crippen LogP contribution in [-0.4, -0.2) is 97.1 Å². The standard InChI is InChI=1S/C44H49NO8.C37H47NO8/c1-7-17-33-37(23-14-24-38(33)52-39-22-13-12-20-34(39)42(46)48-6)49-26-16-27-50-40-29-41(51-30-31-18-10-9-11-19-31)35(28-32(40)8-2)36-21-15-25-45(36)43(47)53-44(3,4)5;1-7-14-26-31(18-11-19-32(26)45-33-17-10-9-15-27(33)35(40)42-6)43-21-13-22-44-34-24-30(39)28(23-25(34)8-2)29-16-12-20-38(29)36(41)46-37(3,4)5/h9-15,18-25,28-29H,7-8,16-17,26-27,30H2,1-6H3;9-11,15,17-19,23-24,29,39H,7-8,12-14,16,20-22H2,1-6H3. The minimum absolute atomic E-state index is 0.110. The van der Waals surface area contributed by atoms with Crippen LogP contribution < -0.4 is 33.2 Å². The van der Waals surface area contributed by atoms with Crippen LogP contribution in [0.3, 0.4) is 0 Å². The number of amides is 1. The van der Waals surface area contributed by atoms with Crippen molar-refractivity contribution in [3.63, 3.8) is 0 Å². The van der Waals surface area contributed by atoms with Gasteiger partial charge < -0.3 is 62.1 Å². The lowest BCUT2D eigenvalue weighted by atomic mass is 9.99. The van der Waals surface area contributed by atoms with Gasteiger partial charge in [-0.2, -0.15) is 0 Å². The number of aromatic nitrogens is 1. The fraction of sp³-hybridized carbons (Fsp3) is 0.383. The van der Waals surface area contributed by atoms with Crippen molar-refractivity contribution >= 4 is 24.1 Å². The van der Waals surface area contributed by atoms with Crippen molar-refractivity contribution in [2.45, 2.75) is 157 Å². The molecule has 18 heteroatoms. The molecular weight excluding hydrogens is 1260 g/mol. The van der Waals surface area contributed by atoms with E-state index in [9.17, 15) is 24.3 Å². The number of benzene rings is 7. The molecule has 0 saturated carbocycles. The summed E-state index contributed by atoms with van der Waals surface area (Å²) < 4.78 is 66.5. The van der Waals surface area contributed by atoms with Crippen LogP contribution in [0.15, 0.2) is 158 Å². The second-order valence-corrected chi connectivity index (χ2v) is 25.8. The zero-order valence-electron chi connectivity index (χ0n) is 59.4. The molecule has 526 valence electrons. The van der Waals surface area contributed by atoms with Crippen LogP contribution in [0.2, 0.25) is 0 Å². The molecule has 1 amide bonds. The summed E-state index contributed by atoms with van der Waals surface area (Å²) in [6, 6.07) is 46.3. The zero-order chi connectivity index (χ0) is 71.1. The normalized spacial score (nSPS) is 12.7. The third-order valence-corrected chi connectivity index (χ3v) is 16.0. The second kappa shape index (κ2) is 35.9. The van der Waals surface area contributed by atoms with E-state index in [0.29, 0.717) is 122 Å². The van der Waals surface area contributed by atoms with E-state index in [4.69, 9.17) is 52.1 Å². The van der Waals surface area contributed by atoms with E-state index in [0.717, 1.165) is 89.0 Å². The van der Waals surface area contributed by atoms with Gasteiger partial charge in [-0.1, -0.05) is 107 Å². The second-order valence-electron chi connectivity index (χ2n) is 25.8. The summed E-state index contributed by atoms with van der Waals surface area (Å²) in [7, 11) is 2.70. The molecule has 1 fully saturated rings. The zero-order valence-corrected chi connectivity index (χ0v) is 59.4. The number of rotatable bonds is 29. The Hall–Kier alpha value is -10.1. The molecule has 7 aromatic carbocycles. The van der Waals surface area contributed by atoms with Crippen molar-refractivity contribution in [2.75, 3.05) is 47.2 Å². The largest absolute Gasteiger partial charge is 0.507 e. The van der Waals surface area contributed by atoms with Crippen molar-refractivity contribution in [3.8, 4) is 68.8 Å². The molecule has 8 aromatic rings. The van der Waals surface area contributed by atoms with E-state index < -0.39 is 29.2 Å². The summed E-state index contributed by atoms with van der Waals surface area (Å²) >= 11 is 0. The maximum Gasteiger partial charge on any atom is 0.418 e. The third kappa shape index (κ3) is 20.7. The van der Waals surface area contributed by atoms with Gasteiger partial charge in [0.05, 0.1) is 52.4 Å². The lowest BCUT2D eigenvalue weighted by Gasteiger charge is -2.29. The van der Waals surface area contributed by atoms with Gasteiger partial charge in [0.2, 0.25) is 0 Å². The summed E-state index contributed by atoms with van der Waals surface area (Å²) in [5, 5.41) is 11.0. The highest BCUT2D eigenvalue weighted by Gasteiger charge is 2.35. The molecule has 0 spiro atoms. The predicted octanol–water partition coefficient (Wildman–Crippen LogP) is 18.9. The van der Waals surface area contributed by atoms with Gasteiger partial charge in [0, 0.05) is 60.0 Å². The van der Waals surface area contributed by atoms with Crippen LogP contribution >= 0.6 is 0 Å². The molecule has 18 nitrogen and oxygen atoms in total. The molecule has 1 aromatic heterocycles. The summed E-state index contributed by atoms with van der Waals surface area (Å²) in [5.74, 6) is 4.65. The summed E-state index contributed by atoms with van der Waals surface area (Å²) in [6.45, 7) is 22.0. The number of carbonyl (C=O) groups excluding carboxylic acids is 4. The Labute approximate surface area is 582 Å². The van der Waals surface area contributed by atoms with Crippen LogP contribution in [-0.2, 0) is 51.2 Å². The Bertz CT molecular complexity index is 3980. The molecule has 1 saturated heterocycles. The number of phenolic OH excluding ortho intramolecular Hbond substituents is 1. The first kappa shape index (κ1) is 74.7. The number of carbonyl (C=O) groups is 4. The average molecular weight is 1350 g/mol. The number of hydrogen-bond acceptors (Lipinski definition) is 16. The molecule has 1 N–H and O–H groups in total. The first-order valence-corrected chi connectivity index (χ1v) is 34.2. The number of ether oxygens (including phenoxy) is 11. The molecule has 1 aliphatic rings. The maximum absolute atomic E-state index is 13.2. The summed E-state index contributed by atoms with van der Waals surface area (Å²) in [5.41, 5.74) is 6.43. The number of methoxy groups -OCH3 is 2. The summed E-state index contributed by atoms with van der Waals surface area (Å²) in [6.07, 6.45) is 8.37. The highest BCUT2D eigenvalue weighted by molar-refractivity contribution is 5.93. The first-order valence-electron chi connectivity index (χ1n) is 34.2. The fourth-order valence-corrected chi connectivity index (χ4v) is 11.4.